The average molecular weight is 947 g/mol. The van der Waals surface area contributed by atoms with Crippen LogP contribution >= 0.6 is 7.82 Å². The summed E-state index contributed by atoms with van der Waals surface area (Å²) in [6.45, 7) is 4.30. The molecule has 0 aromatic heterocycles. The van der Waals surface area contributed by atoms with E-state index in [0.29, 0.717) is 19.3 Å². The fraction of sp³-hybridized carbons (Fsp3) is 0.685. The Bertz CT molecular complexity index is 1430. The van der Waals surface area contributed by atoms with Crippen LogP contribution in [-0.2, 0) is 42.2 Å². The summed E-state index contributed by atoms with van der Waals surface area (Å²) < 4.78 is 39.2. The van der Waals surface area contributed by atoms with Crippen molar-refractivity contribution in [3.05, 3.63) is 85.1 Å². The summed E-state index contributed by atoms with van der Waals surface area (Å²) in [5.74, 6) is -1.54. The number of rotatable bonds is 46. The smallest absolute Gasteiger partial charge is 0.462 e. The normalized spacial score (nSPS) is 14.2. The van der Waals surface area contributed by atoms with Gasteiger partial charge in [0.1, 0.15) is 12.7 Å². The van der Waals surface area contributed by atoms with Crippen molar-refractivity contribution in [3.8, 4) is 0 Å². The van der Waals surface area contributed by atoms with Gasteiger partial charge in [0, 0.05) is 19.3 Å². The molecule has 0 amide bonds. The maximum Gasteiger partial charge on any atom is 0.472 e. The van der Waals surface area contributed by atoms with Gasteiger partial charge >= 0.3 is 25.7 Å². The van der Waals surface area contributed by atoms with Gasteiger partial charge in [-0.25, -0.2) is 4.57 Å². The van der Waals surface area contributed by atoms with Gasteiger partial charge in [-0.3, -0.25) is 23.4 Å². The molecule has 0 aromatic carbocycles. The van der Waals surface area contributed by atoms with E-state index in [0.717, 1.165) is 109 Å². The summed E-state index contributed by atoms with van der Waals surface area (Å²) in [6, 6.07) is 0. The molecule has 0 radical (unpaired) electrons. The third kappa shape index (κ3) is 45.8. The molecule has 3 atom stereocenters. The fourth-order valence-electron chi connectivity index (χ4n) is 6.48. The van der Waals surface area contributed by atoms with E-state index in [1.807, 2.05) is 0 Å². The molecule has 378 valence electrons. The Hall–Kier alpha value is -3.34. The molecule has 12 heteroatoms. The number of carbonyl (C=O) groups excluding carboxylic acids is 3. The highest BCUT2D eigenvalue weighted by atomic mass is 31.2. The number of hydrogen-bond acceptors (Lipinski definition) is 10. The molecule has 0 bridgehead atoms. The zero-order valence-electron chi connectivity index (χ0n) is 41.4. The largest absolute Gasteiger partial charge is 0.472 e. The van der Waals surface area contributed by atoms with Crippen molar-refractivity contribution in [2.45, 2.75) is 213 Å². The molecule has 0 aliphatic carbocycles. The van der Waals surface area contributed by atoms with Crippen LogP contribution in [0.25, 0.3) is 0 Å². The topological polar surface area (TPSA) is 155 Å². The van der Waals surface area contributed by atoms with Gasteiger partial charge in [-0.2, -0.15) is 0 Å². The quantitative estimate of drug-likeness (QED) is 0.0197. The average Bonchev–Trinajstić information content (AvgIpc) is 3.30. The molecule has 66 heavy (non-hydrogen) atoms. The van der Waals surface area contributed by atoms with Crippen LogP contribution in [0.1, 0.15) is 201 Å². The Morgan fingerprint density at radius 2 is 0.788 bits per heavy atom. The lowest BCUT2D eigenvalue weighted by Crippen LogP contribution is -2.30. The number of unbranched alkanes of at least 4 members (excludes halogenated alkanes) is 15. The Morgan fingerprint density at radius 3 is 1.24 bits per heavy atom. The number of esters is 3. The van der Waals surface area contributed by atoms with Gasteiger partial charge in [-0.15, -0.1) is 0 Å². The molecule has 3 unspecified atom stereocenters. The third-order valence-electron chi connectivity index (χ3n) is 10.3. The fourth-order valence-corrected chi connectivity index (χ4v) is 7.26. The van der Waals surface area contributed by atoms with E-state index in [1.165, 1.54) is 32.1 Å². The molecule has 0 saturated heterocycles. The summed E-state index contributed by atoms with van der Waals surface area (Å²) in [4.78, 5) is 48.2. The second-order valence-electron chi connectivity index (χ2n) is 16.6. The Balaban J connectivity index is 4.85. The van der Waals surface area contributed by atoms with Crippen molar-refractivity contribution < 1.29 is 52.2 Å². The Labute approximate surface area is 400 Å². The molecule has 0 rings (SSSR count). The van der Waals surface area contributed by atoms with Crippen molar-refractivity contribution in [2.75, 3.05) is 26.4 Å². The Kier molecular flexibility index (Phi) is 45.7. The lowest BCUT2D eigenvalue weighted by Gasteiger charge is -2.21. The molecular formula is C54H91O11P. The minimum atomic E-state index is -4.75. The number of phosphoric acid groups is 1. The minimum Gasteiger partial charge on any atom is -0.462 e. The van der Waals surface area contributed by atoms with E-state index < -0.39 is 57.8 Å². The van der Waals surface area contributed by atoms with E-state index in [2.05, 4.69) is 106 Å². The molecular weight excluding hydrogens is 856 g/mol. The first-order valence-corrected chi connectivity index (χ1v) is 27.0. The highest BCUT2D eigenvalue weighted by molar-refractivity contribution is 7.47. The van der Waals surface area contributed by atoms with Gasteiger partial charge in [0.05, 0.1) is 19.8 Å². The molecule has 0 fully saturated rings. The summed E-state index contributed by atoms with van der Waals surface area (Å²) in [6.07, 6.45) is 52.8. The zero-order valence-corrected chi connectivity index (χ0v) is 42.3. The van der Waals surface area contributed by atoms with E-state index in [9.17, 15) is 28.9 Å². The van der Waals surface area contributed by atoms with Crippen LogP contribution in [0.15, 0.2) is 85.1 Å². The predicted octanol–water partition coefficient (Wildman–Crippen LogP) is 14.4. The van der Waals surface area contributed by atoms with Crippen molar-refractivity contribution in [1.29, 1.82) is 0 Å². The summed E-state index contributed by atoms with van der Waals surface area (Å²) >= 11 is 0. The summed E-state index contributed by atoms with van der Waals surface area (Å²) in [5, 5.41) is 9.74. The van der Waals surface area contributed by atoms with E-state index in [1.54, 1.807) is 0 Å². The van der Waals surface area contributed by atoms with Crippen molar-refractivity contribution in [3.63, 3.8) is 0 Å². The lowest BCUT2D eigenvalue weighted by atomic mass is 10.1. The van der Waals surface area contributed by atoms with Gasteiger partial charge in [0.2, 0.25) is 0 Å². The first-order chi connectivity index (χ1) is 32.2. The maximum absolute atomic E-state index is 12.8. The zero-order chi connectivity index (χ0) is 48.4. The van der Waals surface area contributed by atoms with E-state index in [-0.39, 0.29) is 25.9 Å². The van der Waals surface area contributed by atoms with Gasteiger partial charge in [-0.1, -0.05) is 176 Å². The number of carbonyl (C=O) groups is 3. The van der Waals surface area contributed by atoms with Crippen LogP contribution in [-0.4, -0.2) is 66.5 Å². The number of hydrogen-bond donors (Lipinski definition) is 2. The molecule has 0 aromatic rings. The van der Waals surface area contributed by atoms with Crippen LogP contribution in [0.2, 0.25) is 0 Å². The van der Waals surface area contributed by atoms with Crippen molar-refractivity contribution >= 4 is 25.7 Å². The number of allylic oxidation sites excluding steroid dienone is 14. The number of aliphatic hydroxyl groups excluding tert-OH is 1. The van der Waals surface area contributed by atoms with Crippen LogP contribution in [0.4, 0.5) is 0 Å². The standard InChI is InChI=1S/C54H91O11P/c1-4-7-10-13-16-19-21-23-25-27-29-32-34-37-40-43-52(56)61-47-51(65-54(58)45-42-39-36-33-30-28-26-24-22-20-17-14-11-8-5-2)49-63-66(59,60)62-48-50(46-55)64-53(57)44-41-38-35-31-18-15-12-9-6-3/h7-8,10-11,16-17,19-20,23-26,30,33,50-51,55H,4-6,9,12-15,18,21-22,27-29,31-32,34-49H2,1-3H3,(H,59,60)/b10-7-,11-8-,19-16-,20-17-,25-23-,26-24-,33-30-. The maximum atomic E-state index is 12.8. The van der Waals surface area contributed by atoms with Crippen LogP contribution < -0.4 is 0 Å². The van der Waals surface area contributed by atoms with Crippen molar-refractivity contribution in [1.82, 2.24) is 0 Å². The van der Waals surface area contributed by atoms with Gasteiger partial charge in [0.25, 0.3) is 0 Å². The molecule has 0 saturated carbocycles. The van der Waals surface area contributed by atoms with E-state index in [4.69, 9.17) is 23.3 Å². The summed E-state index contributed by atoms with van der Waals surface area (Å²) in [5.41, 5.74) is 0. The van der Waals surface area contributed by atoms with Crippen molar-refractivity contribution in [2.24, 2.45) is 0 Å². The van der Waals surface area contributed by atoms with E-state index >= 15 is 0 Å². The monoisotopic (exact) mass is 947 g/mol. The number of phosphoric ester groups is 1. The highest BCUT2D eigenvalue weighted by Crippen LogP contribution is 2.43. The predicted molar refractivity (Wildman–Crippen MR) is 270 cm³/mol. The highest BCUT2D eigenvalue weighted by Gasteiger charge is 2.28. The molecule has 0 aliphatic heterocycles. The number of aliphatic hydroxyl groups is 1. The second-order valence-corrected chi connectivity index (χ2v) is 18.0. The summed E-state index contributed by atoms with van der Waals surface area (Å²) in [7, 11) is -4.75. The second kappa shape index (κ2) is 48.1. The molecule has 0 heterocycles. The van der Waals surface area contributed by atoms with Crippen LogP contribution in [0.5, 0.6) is 0 Å². The molecule has 0 spiro atoms. The minimum absolute atomic E-state index is 0.109. The SMILES string of the molecule is CC/C=C\C/C=C\C/C=C\C/C=C\CCCCC(=O)OC(COC(=O)CCCCCCC/C=C\C/C=C\C/C=C\CC)COP(=O)(O)OCC(CO)OC(=O)CCCCCCCCCCC. The molecule has 11 nitrogen and oxygen atoms in total. The first-order valence-electron chi connectivity index (χ1n) is 25.5. The lowest BCUT2D eigenvalue weighted by molar-refractivity contribution is -0.161. The third-order valence-corrected chi connectivity index (χ3v) is 11.3. The first kappa shape index (κ1) is 62.7. The number of ether oxygens (including phenoxy) is 3. The van der Waals surface area contributed by atoms with Gasteiger partial charge < -0.3 is 24.2 Å². The van der Waals surface area contributed by atoms with Gasteiger partial charge in [-0.05, 0) is 89.9 Å². The molecule has 2 N–H and O–H groups in total. The van der Waals surface area contributed by atoms with Gasteiger partial charge in [0.15, 0.2) is 6.10 Å². The van der Waals surface area contributed by atoms with Crippen LogP contribution in [0, 0.1) is 0 Å². The van der Waals surface area contributed by atoms with Crippen LogP contribution in [0.3, 0.4) is 0 Å². The Morgan fingerprint density at radius 1 is 0.439 bits per heavy atom. The molecule has 0 aliphatic rings.